The first-order valence-corrected chi connectivity index (χ1v) is 4.85. The lowest BCUT2D eigenvalue weighted by atomic mass is 10.2. The summed E-state index contributed by atoms with van der Waals surface area (Å²) in [6, 6.07) is 0. The number of ether oxygens (including phenoxy) is 1. The number of rotatable bonds is 0. The number of hydrogen-bond donors (Lipinski definition) is 2. The van der Waals surface area contributed by atoms with E-state index in [1.807, 2.05) is 20.8 Å². The summed E-state index contributed by atoms with van der Waals surface area (Å²) < 4.78 is 5.23. The minimum absolute atomic E-state index is 0.142. The van der Waals surface area contributed by atoms with Crippen LogP contribution >= 0.6 is 0 Å². The van der Waals surface area contributed by atoms with Gasteiger partial charge >= 0.3 is 6.09 Å². The second kappa shape index (κ2) is 4.14. The summed E-state index contributed by atoms with van der Waals surface area (Å²) in [6.07, 6.45) is -0.425. The van der Waals surface area contributed by atoms with Crippen LogP contribution in [0.25, 0.3) is 0 Å². The molecule has 3 N–H and O–H groups in total. The lowest BCUT2D eigenvalue weighted by molar-refractivity contribution is 0.0197. The van der Waals surface area contributed by atoms with Crippen LogP contribution in [0.15, 0.2) is 0 Å². The largest absolute Gasteiger partial charge is 0.444 e. The summed E-state index contributed by atoms with van der Waals surface area (Å²) in [5.74, 6) is 0. The van der Waals surface area contributed by atoms with Crippen molar-refractivity contribution in [3.05, 3.63) is 0 Å². The molecule has 1 rings (SSSR count). The third-order valence-electron chi connectivity index (χ3n) is 1.86. The Morgan fingerprint density at radius 1 is 1.57 bits per heavy atom. The predicted octanol–water partition coefficient (Wildman–Crippen LogP) is 0.112. The summed E-state index contributed by atoms with van der Waals surface area (Å²) in [4.78, 5) is 13.2. The number of amides is 1. The van der Waals surface area contributed by atoms with Gasteiger partial charge in [-0.1, -0.05) is 0 Å². The Labute approximate surface area is 84.6 Å². The van der Waals surface area contributed by atoms with Crippen molar-refractivity contribution in [3.8, 4) is 0 Å². The molecule has 1 unspecified atom stereocenters. The molecule has 1 saturated heterocycles. The third-order valence-corrected chi connectivity index (χ3v) is 1.86. The summed E-state index contributed by atoms with van der Waals surface area (Å²) in [5, 5.41) is 3.06. The molecule has 0 bridgehead atoms. The van der Waals surface area contributed by atoms with Crippen molar-refractivity contribution in [2.24, 2.45) is 5.73 Å². The Morgan fingerprint density at radius 2 is 2.21 bits per heavy atom. The van der Waals surface area contributed by atoms with Gasteiger partial charge in [-0.3, -0.25) is 5.32 Å². The SMILES string of the molecule is CC(C)(C)OC(=O)N1CCNC(N)C1. The van der Waals surface area contributed by atoms with E-state index < -0.39 is 5.60 Å². The number of hydrogen-bond acceptors (Lipinski definition) is 4. The fraction of sp³-hybridized carbons (Fsp3) is 0.889. The summed E-state index contributed by atoms with van der Waals surface area (Å²) in [6.45, 7) is 7.45. The fourth-order valence-corrected chi connectivity index (χ4v) is 1.27. The van der Waals surface area contributed by atoms with Gasteiger partial charge in [-0.15, -0.1) is 0 Å². The lowest BCUT2D eigenvalue weighted by Gasteiger charge is -2.33. The molecule has 0 spiro atoms. The van der Waals surface area contributed by atoms with Crippen LogP contribution < -0.4 is 11.1 Å². The Bertz CT molecular complexity index is 213. The molecule has 1 aliphatic heterocycles. The maximum atomic E-state index is 11.6. The zero-order valence-corrected chi connectivity index (χ0v) is 9.04. The van der Waals surface area contributed by atoms with Gasteiger partial charge in [0.2, 0.25) is 0 Å². The number of nitrogens with one attached hydrogen (secondary N) is 1. The van der Waals surface area contributed by atoms with Crippen LogP contribution in [0.5, 0.6) is 0 Å². The highest BCUT2D eigenvalue weighted by Gasteiger charge is 2.25. The van der Waals surface area contributed by atoms with E-state index in [1.54, 1.807) is 4.90 Å². The van der Waals surface area contributed by atoms with Crippen molar-refractivity contribution >= 4 is 6.09 Å². The van der Waals surface area contributed by atoms with Gasteiger partial charge in [-0.05, 0) is 20.8 Å². The molecule has 1 fully saturated rings. The van der Waals surface area contributed by atoms with E-state index in [-0.39, 0.29) is 12.3 Å². The van der Waals surface area contributed by atoms with E-state index >= 15 is 0 Å². The van der Waals surface area contributed by atoms with Crippen LogP contribution in [0, 0.1) is 0 Å². The predicted molar refractivity (Wildman–Crippen MR) is 53.8 cm³/mol. The van der Waals surface area contributed by atoms with E-state index in [4.69, 9.17) is 10.5 Å². The standard InChI is InChI=1S/C9H19N3O2/c1-9(2,3)14-8(13)12-5-4-11-7(10)6-12/h7,11H,4-6,10H2,1-3H3. The Morgan fingerprint density at radius 3 is 2.71 bits per heavy atom. The molecule has 82 valence electrons. The number of carbonyl (C=O) groups excluding carboxylic acids is 1. The average molecular weight is 201 g/mol. The van der Waals surface area contributed by atoms with E-state index in [1.165, 1.54) is 0 Å². The van der Waals surface area contributed by atoms with Crippen LogP contribution in [0.1, 0.15) is 20.8 Å². The molecular weight excluding hydrogens is 182 g/mol. The molecule has 1 atom stereocenters. The molecule has 14 heavy (non-hydrogen) atoms. The first-order chi connectivity index (χ1) is 6.38. The molecule has 0 aromatic heterocycles. The Balaban J connectivity index is 2.44. The Hall–Kier alpha value is -0.810. The Kier molecular flexibility index (Phi) is 3.34. The maximum Gasteiger partial charge on any atom is 0.410 e. The maximum absolute atomic E-state index is 11.6. The van der Waals surface area contributed by atoms with Crippen molar-refractivity contribution in [2.75, 3.05) is 19.6 Å². The van der Waals surface area contributed by atoms with Crippen molar-refractivity contribution in [2.45, 2.75) is 32.5 Å². The number of nitrogens with two attached hydrogens (primary N) is 1. The average Bonchev–Trinajstić information content (AvgIpc) is 2.01. The second-order valence-corrected chi connectivity index (χ2v) is 4.49. The van der Waals surface area contributed by atoms with Crippen molar-refractivity contribution < 1.29 is 9.53 Å². The molecule has 1 aliphatic rings. The van der Waals surface area contributed by atoms with Gasteiger partial charge in [0.15, 0.2) is 0 Å². The third kappa shape index (κ3) is 3.51. The van der Waals surface area contributed by atoms with E-state index in [2.05, 4.69) is 5.32 Å². The fourth-order valence-electron chi connectivity index (χ4n) is 1.27. The van der Waals surface area contributed by atoms with Crippen molar-refractivity contribution in [3.63, 3.8) is 0 Å². The highest BCUT2D eigenvalue weighted by molar-refractivity contribution is 5.68. The van der Waals surface area contributed by atoms with Gasteiger partial charge in [0, 0.05) is 13.1 Å². The molecule has 0 radical (unpaired) electrons. The number of nitrogens with zero attached hydrogens (tertiary/aromatic N) is 1. The zero-order valence-electron chi connectivity index (χ0n) is 9.04. The summed E-state index contributed by atoms with van der Waals surface area (Å²) in [5.41, 5.74) is 5.23. The van der Waals surface area contributed by atoms with Crippen molar-refractivity contribution in [1.29, 1.82) is 0 Å². The summed E-state index contributed by atoms with van der Waals surface area (Å²) in [7, 11) is 0. The van der Waals surface area contributed by atoms with Gasteiger partial charge in [0.05, 0.1) is 12.7 Å². The monoisotopic (exact) mass is 201 g/mol. The number of carbonyl (C=O) groups is 1. The molecule has 0 aromatic rings. The minimum Gasteiger partial charge on any atom is -0.444 e. The lowest BCUT2D eigenvalue weighted by Crippen LogP contribution is -2.57. The normalized spacial score (nSPS) is 23.4. The highest BCUT2D eigenvalue weighted by atomic mass is 16.6. The molecule has 0 aromatic carbocycles. The zero-order chi connectivity index (χ0) is 10.8. The number of piperazine rings is 1. The van der Waals surface area contributed by atoms with Gasteiger partial charge in [0.25, 0.3) is 0 Å². The van der Waals surface area contributed by atoms with Crippen LogP contribution in [0.4, 0.5) is 4.79 Å². The molecule has 0 saturated carbocycles. The quantitative estimate of drug-likeness (QED) is 0.584. The molecule has 0 aliphatic carbocycles. The van der Waals surface area contributed by atoms with Crippen LogP contribution in [0.2, 0.25) is 0 Å². The molecular formula is C9H19N3O2. The molecule has 5 nitrogen and oxygen atoms in total. The smallest absolute Gasteiger partial charge is 0.410 e. The van der Waals surface area contributed by atoms with Gasteiger partial charge in [-0.25, -0.2) is 4.79 Å². The highest BCUT2D eigenvalue weighted by Crippen LogP contribution is 2.10. The van der Waals surface area contributed by atoms with E-state index in [0.29, 0.717) is 13.1 Å². The van der Waals surface area contributed by atoms with E-state index in [9.17, 15) is 4.79 Å². The topological polar surface area (TPSA) is 67.6 Å². The first-order valence-electron chi connectivity index (χ1n) is 4.85. The minimum atomic E-state index is -0.438. The van der Waals surface area contributed by atoms with E-state index in [0.717, 1.165) is 6.54 Å². The van der Waals surface area contributed by atoms with Gasteiger partial charge in [-0.2, -0.15) is 0 Å². The molecule has 5 heteroatoms. The van der Waals surface area contributed by atoms with Crippen LogP contribution in [-0.2, 0) is 4.74 Å². The first kappa shape index (κ1) is 11.3. The van der Waals surface area contributed by atoms with Crippen LogP contribution in [-0.4, -0.2) is 42.4 Å². The van der Waals surface area contributed by atoms with Crippen LogP contribution in [0.3, 0.4) is 0 Å². The summed E-state index contributed by atoms with van der Waals surface area (Å²) >= 11 is 0. The van der Waals surface area contributed by atoms with Gasteiger partial charge < -0.3 is 15.4 Å². The second-order valence-electron chi connectivity index (χ2n) is 4.49. The molecule has 1 amide bonds. The molecule has 1 heterocycles. The van der Waals surface area contributed by atoms with Gasteiger partial charge in [0.1, 0.15) is 5.60 Å². The van der Waals surface area contributed by atoms with Crippen molar-refractivity contribution in [1.82, 2.24) is 10.2 Å².